The Labute approximate surface area is 152 Å². The van der Waals surface area contributed by atoms with Crippen LogP contribution in [0.4, 0.5) is 5.95 Å². The summed E-state index contributed by atoms with van der Waals surface area (Å²) in [4.78, 5) is 16.9. The molecular formula is C17H14N4O2S2. The summed E-state index contributed by atoms with van der Waals surface area (Å²) >= 11 is 3.09. The van der Waals surface area contributed by atoms with Crippen LogP contribution in [0.2, 0.25) is 0 Å². The van der Waals surface area contributed by atoms with E-state index in [1.807, 2.05) is 35.7 Å². The number of carboxylic acid groups (broad SMARTS) is 1. The van der Waals surface area contributed by atoms with Gasteiger partial charge in [-0.15, -0.1) is 16.4 Å². The summed E-state index contributed by atoms with van der Waals surface area (Å²) in [5.74, 6) is 0.204. The fourth-order valence-corrected chi connectivity index (χ4v) is 4.11. The maximum absolute atomic E-state index is 11.4. The van der Waals surface area contributed by atoms with Crippen LogP contribution in [0.25, 0.3) is 0 Å². The van der Waals surface area contributed by atoms with E-state index in [2.05, 4.69) is 27.5 Å². The minimum absolute atomic E-state index is 0.123. The van der Waals surface area contributed by atoms with Gasteiger partial charge >= 0.3 is 5.97 Å². The summed E-state index contributed by atoms with van der Waals surface area (Å²) < 4.78 is 1.74. The molecule has 0 radical (unpaired) electrons. The van der Waals surface area contributed by atoms with Gasteiger partial charge in [0.15, 0.2) is 0 Å². The van der Waals surface area contributed by atoms with Crippen molar-refractivity contribution in [3.63, 3.8) is 0 Å². The lowest BCUT2D eigenvalue weighted by Crippen LogP contribution is -2.23. The van der Waals surface area contributed by atoms with Gasteiger partial charge in [-0.2, -0.15) is 4.98 Å². The first kappa shape index (κ1) is 15.9. The second-order valence-corrected chi connectivity index (χ2v) is 7.33. The number of carboxylic acids is 1. The van der Waals surface area contributed by atoms with E-state index in [0.29, 0.717) is 11.1 Å². The van der Waals surface area contributed by atoms with Crippen LogP contribution in [0.15, 0.2) is 64.8 Å². The molecule has 0 fully saturated rings. The fourth-order valence-electron chi connectivity index (χ4n) is 2.54. The maximum atomic E-state index is 11.4. The molecular weight excluding hydrogens is 356 g/mol. The van der Waals surface area contributed by atoms with Crippen LogP contribution in [0.5, 0.6) is 0 Å². The van der Waals surface area contributed by atoms with Gasteiger partial charge in [-0.25, -0.2) is 9.48 Å². The molecule has 1 aromatic carbocycles. The first-order chi connectivity index (χ1) is 12.2. The minimum Gasteiger partial charge on any atom is -0.477 e. The molecule has 6 nitrogen and oxygen atoms in total. The Morgan fingerprint density at radius 1 is 1.28 bits per heavy atom. The molecule has 0 amide bonds. The second kappa shape index (κ2) is 6.73. The predicted octanol–water partition coefficient (Wildman–Crippen LogP) is 3.62. The van der Waals surface area contributed by atoms with Crippen molar-refractivity contribution < 1.29 is 9.90 Å². The topological polar surface area (TPSA) is 80.0 Å². The number of allylic oxidation sites excluding steroid dienone is 1. The normalized spacial score (nSPS) is 16.0. The van der Waals surface area contributed by atoms with Crippen molar-refractivity contribution in [2.75, 3.05) is 5.32 Å². The smallest absolute Gasteiger partial charge is 0.352 e. The van der Waals surface area contributed by atoms with Crippen LogP contribution >= 0.6 is 23.1 Å². The third-order valence-corrected chi connectivity index (χ3v) is 5.57. The monoisotopic (exact) mass is 370 g/mol. The largest absolute Gasteiger partial charge is 0.477 e. The van der Waals surface area contributed by atoms with Gasteiger partial charge in [-0.05, 0) is 23.1 Å². The molecule has 126 valence electrons. The second-order valence-electron chi connectivity index (χ2n) is 5.41. The van der Waals surface area contributed by atoms with Crippen molar-refractivity contribution >= 4 is 35.0 Å². The first-order valence-electron chi connectivity index (χ1n) is 7.59. The van der Waals surface area contributed by atoms with Crippen molar-refractivity contribution in [3.05, 3.63) is 70.1 Å². The molecule has 25 heavy (non-hydrogen) atoms. The van der Waals surface area contributed by atoms with E-state index >= 15 is 0 Å². The Morgan fingerprint density at radius 3 is 2.84 bits per heavy atom. The molecule has 8 heteroatoms. The molecule has 0 unspecified atom stereocenters. The average molecular weight is 370 g/mol. The highest BCUT2D eigenvalue weighted by atomic mass is 32.2. The molecule has 2 aromatic heterocycles. The zero-order chi connectivity index (χ0) is 17.2. The van der Waals surface area contributed by atoms with E-state index in [4.69, 9.17) is 0 Å². The Morgan fingerprint density at radius 2 is 2.12 bits per heavy atom. The van der Waals surface area contributed by atoms with Gasteiger partial charge in [-0.1, -0.05) is 48.2 Å². The van der Waals surface area contributed by atoms with E-state index in [1.165, 1.54) is 17.3 Å². The average Bonchev–Trinajstić information content (AvgIpc) is 3.29. The molecule has 1 aliphatic rings. The molecule has 0 saturated heterocycles. The van der Waals surface area contributed by atoms with Crippen molar-refractivity contribution in [3.8, 4) is 0 Å². The van der Waals surface area contributed by atoms with Gasteiger partial charge in [0, 0.05) is 10.6 Å². The summed E-state index contributed by atoms with van der Waals surface area (Å²) in [7, 11) is 0. The number of anilines is 1. The Hall–Kier alpha value is -2.58. The highest BCUT2D eigenvalue weighted by molar-refractivity contribution is 7.98. The third kappa shape index (κ3) is 3.31. The SMILES string of the molecule is O=C(O)C1=C[C@@H](c2cccs2)n2nc(SCc3ccccc3)nc2N1. The van der Waals surface area contributed by atoms with Crippen molar-refractivity contribution in [1.29, 1.82) is 0 Å². The number of thiophene rings is 1. The fraction of sp³-hybridized carbons (Fsp3) is 0.118. The standard InChI is InChI=1S/C17H14N4O2S2/c22-15(23)12-9-13(14-7-4-8-24-14)21-16(18-12)19-17(20-21)25-10-11-5-2-1-3-6-11/h1-9,13H,10H2,(H,22,23)(H,18,19,20)/t13-/m0/s1. The third-order valence-electron chi connectivity index (χ3n) is 3.72. The summed E-state index contributed by atoms with van der Waals surface area (Å²) in [5, 5.41) is 19.4. The first-order valence-corrected chi connectivity index (χ1v) is 9.46. The van der Waals surface area contributed by atoms with Gasteiger partial charge in [0.05, 0.1) is 0 Å². The number of thioether (sulfide) groups is 1. The van der Waals surface area contributed by atoms with Gasteiger partial charge < -0.3 is 10.4 Å². The Balaban J connectivity index is 1.62. The van der Waals surface area contributed by atoms with Crippen LogP contribution in [-0.2, 0) is 10.5 Å². The number of carbonyl (C=O) groups is 1. The van der Waals surface area contributed by atoms with Crippen LogP contribution in [0.3, 0.4) is 0 Å². The quantitative estimate of drug-likeness (QED) is 0.668. The van der Waals surface area contributed by atoms with Crippen molar-refractivity contribution in [1.82, 2.24) is 14.8 Å². The van der Waals surface area contributed by atoms with Gasteiger partial charge in [0.25, 0.3) is 0 Å². The summed E-state index contributed by atoms with van der Waals surface area (Å²) in [6.45, 7) is 0. The summed E-state index contributed by atoms with van der Waals surface area (Å²) in [6.07, 6.45) is 1.67. The number of nitrogens with one attached hydrogen (secondary N) is 1. The molecule has 2 N–H and O–H groups in total. The van der Waals surface area contributed by atoms with E-state index < -0.39 is 5.97 Å². The van der Waals surface area contributed by atoms with E-state index in [0.717, 1.165) is 10.6 Å². The molecule has 3 aromatic rings. The minimum atomic E-state index is -1.01. The summed E-state index contributed by atoms with van der Waals surface area (Å²) in [6, 6.07) is 13.7. The number of nitrogens with zero attached hydrogens (tertiary/aromatic N) is 3. The Bertz CT molecular complexity index is 920. The molecule has 1 atom stereocenters. The van der Waals surface area contributed by atoms with E-state index in [1.54, 1.807) is 22.1 Å². The number of hydrogen-bond donors (Lipinski definition) is 2. The van der Waals surface area contributed by atoms with Crippen LogP contribution in [0.1, 0.15) is 16.5 Å². The molecule has 1 aliphatic heterocycles. The lowest BCUT2D eigenvalue weighted by atomic mass is 10.2. The van der Waals surface area contributed by atoms with E-state index in [9.17, 15) is 9.90 Å². The number of benzene rings is 1. The summed E-state index contributed by atoms with van der Waals surface area (Å²) in [5.41, 5.74) is 1.31. The van der Waals surface area contributed by atoms with Crippen LogP contribution in [0, 0.1) is 0 Å². The van der Waals surface area contributed by atoms with Crippen LogP contribution < -0.4 is 5.32 Å². The highest BCUT2D eigenvalue weighted by Crippen LogP contribution is 2.33. The Kier molecular flexibility index (Phi) is 4.29. The van der Waals surface area contributed by atoms with Gasteiger partial charge in [0.2, 0.25) is 11.1 Å². The van der Waals surface area contributed by atoms with Crippen molar-refractivity contribution in [2.24, 2.45) is 0 Å². The molecule has 0 aliphatic carbocycles. The maximum Gasteiger partial charge on any atom is 0.352 e. The number of aliphatic carboxylic acids is 1. The van der Waals surface area contributed by atoms with Gasteiger partial charge in [-0.3, -0.25) is 0 Å². The highest BCUT2D eigenvalue weighted by Gasteiger charge is 2.27. The molecule has 4 rings (SSSR count). The van der Waals surface area contributed by atoms with E-state index in [-0.39, 0.29) is 11.7 Å². The zero-order valence-corrected chi connectivity index (χ0v) is 14.6. The lowest BCUT2D eigenvalue weighted by Gasteiger charge is -2.20. The molecule has 3 heterocycles. The molecule has 0 saturated carbocycles. The number of hydrogen-bond acceptors (Lipinski definition) is 6. The van der Waals surface area contributed by atoms with Crippen molar-refractivity contribution in [2.45, 2.75) is 17.0 Å². The number of rotatable bonds is 5. The molecule has 0 bridgehead atoms. The number of fused-ring (bicyclic) bond motifs is 1. The zero-order valence-electron chi connectivity index (χ0n) is 13.0. The lowest BCUT2D eigenvalue weighted by molar-refractivity contribution is -0.132. The number of aromatic nitrogens is 3. The van der Waals surface area contributed by atoms with Crippen LogP contribution in [-0.4, -0.2) is 25.8 Å². The molecule has 0 spiro atoms. The van der Waals surface area contributed by atoms with Gasteiger partial charge in [0.1, 0.15) is 11.7 Å². The predicted molar refractivity (Wildman–Crippen MR) is 97.8 cm³/mol.